The average molecular weight is 293 g/mol. The van der Waals surface area contributed by atoms with Crippen LogP contribution in [0.1, 0.15) is 44.5 Å². The number of halogens is 1. The minimum absolute atomic E-state index is 0. The number of aromatic nitrogens is 2. The van der Waals surface area contributed by atoms with E-state index in [1.165, 1.54) is 11.3 Å². The van der Waals surface area contributed by atoms with Crippen molar-refractivity contribution in [1.82, 2.24) is 10.2 Å². The number of nitrogens with two attached hydrogens (primary N) is 1. The third kappa shape index (κ3) is 5.75. The lowest BCUT2D eigenvalue weighted by atomic mass is 10.2. The number of aryl methyl sites for hydroxylation is 1. The van der Waals surface area contributed by atoms with Gasteiger partial charge in [-0.25, -0.2) is 0 Å². The molecule has 104 valence electrons. The van der Waals surface area contributed by atoms with Crippen molar-refractivity contribution in [3.63, 3.8) is 0 Å². The topological polar surface area (TPSA) is 80.9 Å². The number of anilines is 1. The molecule has 0 bridgehead atoms. The van der Waals surface area contributed by atoms with Gasteiger partial charge in [0.1, 0.15) is 5.01 Å². The van der Waals surface area contributed by atoms with Crippen molar-refractivity contribution in [2.75, 3.05) is 5.32 Å². The summed E-state index contributed by atoms with van der Waals surface area (Å²) in [5.74, 6) is -0.176. The van der Waals surface area contributed by atoms with E-state index >= 15 is 0 Å². The first kappa shape index (κ1) is 17.3. The summed E-state index contributed by atoms with van der Waals surface area (Å²) >= 11 is 1.43. The molecule has 1 rings (SSSR count). The fourth-order valence-electron chi connectivity index (χ4n) is 1.37. The zero-order valence-electron chi connectivity index (χ0n) is 10.8. The highest BCUT2D eigenvalue weighted by Gasteiger charge is 2.14. The monoisotopic (exact) mass is 292 g/mol. The Morgan fingerprint density at radius 3 is 2.72 bits per heavy atom. The highest BCUT2D eigenvalue weighted by atomic mass is 35.5. The lowest BCUT2D eigenvalue weighted by molar-refractivity contribution is -0.117. The van der Waals surface area contributed by atoms with Crippen molar-refractivity contribution in [1.29, 1.82) is 0 Å². The Morgan fingerprint density at radius 2 is 2.11 bits per heavy atom. The van der Waals surface area contributed by atoms with Crippen LogP contribution in [0.15, 0.2) is 0 Å². The molecule has 1 aromatic heterocycles. The number of carbonyl (C=O) groups is 1. The molecule has 18 heavy (non-hydrogen) atoms. The number of rotatable bonds is 7. The molecule has 5 nitrogen and oxygen atoms in total. The van der Waals surface area contributed by atoms with E-state index < -0.39 is 6.04 Å². The van der Waals surface area contributed by atoms with Gasteiger partial charge < -0.3 is 5.73 Å². The lowest BCUT2D eigenvalue weighted by Crippen LogP contribution is -2.35. The number of unbranched alkanes of at least 4 members (excludes halogenated alkanes) is 1. The van der Waals surface area contributed by atoms with E-state index in [-0.39, 0.29) is 18.3 Å². The Bertz CT molecular complexity index is 359. The maximum absolute atomic E-state index is 11.6. The molecule has 7 heteroatoms. The summed E-state index contributed by atoms with van der Waals surface area (Å²) in [4.78, 5) is 11.6. The van der Waals surface area contributed by atoms with Crippen LogP contribution in [0.2, 0.25) is 0 Å². The molecule has 0 spiro atoms. The van der Waals surface area contributed by atoms with Gasteiger partial charge in [0, 0.05) is 6.42 Å². The van der Waals surface area contributed by atoms with Crippen molar-refractivity contribution >= 4 is 34.8 Å². The zero-order chi connectivity index (χ0) is 12.7. The van der Waals surface area contributed by atoms with Gasteiger partial charge in [-0.05, 0) is 12.8 Å². The molecule has 1 atom stereocenters. The number of hydrogen-bond donors (Lipinski definition) is 2. The number of hydrogen-bond acceptors (Lipinski definition) is 5. The van der Waals surface area contributed by atoms with Crippen LogP contribution >= 0.6 is 23.7 Å². The SMILES string of the molecule is CCCCc1nnc(NC(=O)C(N)CCC)s1.Cl. The Balaban J connectivity index is 0.00000289. The van der Waals surface area contributed by atoms with Crippen molar-refractivity contribution in [3.8, 4) is 0 Å². The molecular formula is C11H21ClN4OS. The molecule has 0 radical (unpaired) electrons. The minimum atomic E-state index is -0.456. The Hall–Kier alpha value is -0.720. The number of nitrogens with zero attached hydrogens (tertiary/aromatic N) is 2. The third-order valence-corrected chi connectivity index (χ3v) is 3.28. The molecular weight excluding hydrogens is 272 g/mol. The van der Waals surface area contributed by atoms with E-state index in [0.717, 1.165) is 30.7 Å². The van der Waals surface area contributed by atoms with Crippen molar-refractivity contribution in [3.05, 3.63) is 5.01 Å². The van der Waals surface area contributed by atoms with Crippen LogP contribution in [0, 0.1) is 0 Å². The lowest BCUT2D eigenvalue weighted by Gasteiger charge is -2.08. The number of amides is 1. The molecule has 0 aliphatic carbocycles. The summed E-state index contributed by atoms with van der Waals surface area (Å²) in [6.45, 7) is 4.13. The third-order valence-electron chi connectivity index (χ3n) is 2.38. The fourth-order valence-corrected chi connectivity index (χ4v) is 2.16. The van der Waals surface area contributed by atoms with E-state index in [4.69, 9.17) is 5.73 Å². The summed E-state index contributed by atoms with van der Waals surface area (Å²) in [5, 5.41) is 12.2. The minimum Gasteiger partial charge on any atom is -0.320 e. The van der Waals surface area contributed by atoms with Crippen LogP contribution < -0.4 is 11.1 Å². The van der Waals surface area contributed by atoms with Crippen LogP contribution in [0.4, 0.5) is 5.13 Å². The fraction of sp³-hybridized carbons (Fsp3) is 0.727. The maximum atomic E-state index is 11.6. The predicted molar refractivity (Wildman–Crippen MR) is 77.3 cm³/mol. The zero-order valence-corrected chi connectivity index (χ0v) is 12.4. The molecule has 1 amide bonds. The van der Waals surface area contributed by atoms with Gasteiger partial charge in [-0.2, -0.15) is 0 Å². The van der Waals surface area contributed by atoms with Crippen molar-refractivity contribution in [2.24, 2.45) is 5.73 Å². The smallest absolute Gasteiger partial charge is 0.243 e. The molecule has 0 aliphatic heterocycles. The summed E-state index contributed by atoms with van der Waals surface area (Å²) in [6.07, 6.45) is 4.73. The standard InChI is InChI=1S/C11H20N4OS.ClH/c1-3-5-7-9-14-15-11(17-9)13-10(16)8(12)6-4-2;/h8H,3-7,12H2,1-2H3,(H,13,15,16);1H. The normalized spacial score (nSPS) is 11.7. The highest BCUT2D eigenvalue weighted by molar-refractivity contribution is 7.15. The molecule has 0 fully saturated rings. The highest BCUT2D eigenvalue weighted by Crippen LogP contribution is 2.17. The summed E-state index contributed by atoms with van der Waals surface area (Å²) < 4.78 is 0. The second-order valence-corrected chi connectivity index (χ2v) is 5.05. The molecule has 0 saturated carbocycles. The van der Waals surface area contributed by atoms with Crippen LogP contribution in [-0.4, -0.2) is 22.1 Å². The Kier molecular flexibility index (Phi) is 8.87. The van der Waals surface area contributed by atoms with Gasteiger partial charge >= 0.3 is 0 Å². The van der Waals surface area contributed by atoms with Crippen LogP contribution in [0.5, 0.6) is 0 Å². The van der Waals surface area contributed by atoms with E-state index in [1.54, 1.807) is 0 Å². The van der Waals surface area contributed by atoms with Gasteiger partial charge in [0.2, 0.25) is 11.0 Å². The first-order valence-electron chi connectivity index (χ1n) is 6.06. The van der Waals surface area contributed by atoms with Crippen LogP contribution in [-0.2, 0) is 11.2 Å². The van der Waals surface area contributed by atoms with Gasteiger partial charge in [-0.1, -0.05) is 38.0 Å². The van der Waals surface area contributed by atoms with Crippen molar-refractivity contribution < 1.29 is 4.79 Å². The second-order valence-electron chi connectivity index (χ2n) is 3.99. The van der Waals surface area contributed by atoms with Crippen LogP contribution in [0.25, 0.3) is 0 Å². The molecule has 1 unspecified atom stereocenters. The maximum Gasteiger partial charge on any atom is 0.243 e. The molecule has 0 saturated heterocycles. The van der Waals surface area contributed by atoms with E-state index in [9.17, 15) is 4.79 Å². The molecule has 3 N–H and O–H groups in total. The molecule has 1 aromatic rings. The molecule has 0 aliphatic rings. The van der Waals surface area contributed by atoms with E-state index in [2.05, 4.69) is 22.4 Å². The van der Waals surface area contributed by atoms with Crippen molar-refractivity contribution in [2.45, 2.75) is 52.0 Å². The van der Waals surface area contributed by atoms with Crippen LogP contribution in [0.3, 0.4) is 0 Å². The number of nitrogens with one attached hydrogen (secondary N) is 1. The molecule has 0 aromatic carbocycles. The average Bonchev–Trinajstić information content (AvgIpc) is 2.74. The Morgan fingerprint density at radius 1 is 1.39 bits per heavy atom. The van der Waals surface area contributed by atoms with Gasteiger partial charge in [0.05, 0.1) is 6.04 Å². The largest absolute Gasteiger partial charge is 0.320 e. The Labute approximate surface area is 118 Å². The first-order valence-corrected chi connectivity index (χ1v) is 6.87. The van der Waals surface area contributed by atoms with Gasteiger partial charge in [-0.3, -0.25) is 10.1 Å². The molecule has 1 heterocycles. The number of carbonyl (C=O) groups excluding carboxylic acids is 1. The van der Waals surface area contributed by atoms with E-state index in [0.29, 0.717) is 11.6 Å². The quantitative estimate of drug-likeness (QED) is 0.808. The summed E-state index contributed by atoms with van der Waals surface area (Å²) in [6, 6.07) is -0.456. The predicted octanol–water partition coefficient (Wildman–Crippen LogP) is 2.37. The van der Waals surface area contributed by atoms with E-state index in [1.807, 2.05) is 6.92 Å². The second kappa shape index (κ2) is 9.24. The van der Waals surface area contributed by atoms with Gasteiger partial charge in [0.15, 0.2) is 0 Å². The van der Waals surface area contributed by atoms with Gasteiger partial charge in [-0.15, -0.1) is 22.6 Å². The summed E-state index contributed by atoms with van der Waals surface area (Å²) in [5.41, 5.74) is 5.71. The first-order chi connectivity index (χ1) is 8.17. The summed E-state index contributed by atoms with van der Waals surface area (Å²) in [7, 11) is 0. The van der Waals surface area contributed by atoms with Gasteiger partial charge in [0.25, 0.3) is 0 Å².